The highest BCUT2D eigenvalue weighted by molar-refractivity contribution is 8.93. The van der Waals surface area contributed by atoms with Gasteiger partial charge in [0.1, 0.15) is 0 Å². The number of piperidine rings is 1. The van der Waals surface area contributed by atoms with Crippen LogP contribution in [0.4, 0.5) is 9.93 Å². The summed E-state index contributed by atoms with van der Waals surface area (Å²) in [4.78, 5) is 18.1. The van der Waals surface area contributed by atoms with Crippen LogP contribution >= 0.6 is 28.3 Å². The van der Waals surface area contributed by atoms with Gasteiger partial charge in [-0.3, -0.25) is 0 Å². The Hall–Kier alpha value is -1.34. The molecule has 0 radical (unpaired) electrons. The Morgan fingerprint density at radius 1 is 1.38 bits per heavy atom. The number of anilines is 1. The van der Waals surface area contributed by atoms with Crippen LogP contribution in [0.25, 0.3) is 10.2 Å². The second-order valence-corrected chi connectivity index (χ2v) is 6.86. The number of carbonyl (C=O) groups excluding carboxylic acids is 1. The zero-order chi connectivity index (χ0) is 16.1. The number of hydrogen-bond donors (Lipinski definition) is 1. The number of nitrogens with one attached hydrogen (secondary N) is 1. The maximum Gasteiger partial charge on any atom is 0.409 e. The smallest absolute Gasteiger partial charge is 0.409 e. The van der Waals surface area contributed by atoms with Gasteiger partial charge in [-0.2, -0.15) is 0 Å². The van der Waals surface area contributed by atoms with Crippen LogP contribution in [-0.2, 0) is 4.74 Å². The first-order chi connectivity index (χ1) is 11.3. The van der Waals surface area contributed by atoms with Crippen LogP contribution in [0.1, 0.15) is 26.2 Å². The minimum Gasteiger partial charge on any atom is -0.450 e. The summed E-state index contributed by atoms with van der Waals surface area (Å²) in [5.41, 5.74) is 1.06. The third-order valence-electron chi connectivity index (χ3n) is 4.26. The van der Waals surface area contributed by atoms with Crippen molar-refractivity contribution in [2.24, 2.45) is 5.92 Å². The Morgan fingerprint density at radius 3 is 2.83 bits per heavy atom. The lowest BCUT2D eigenvalue weighted by Crippen LogP contribution is -2.39. The number of benzene rings is 1. The van der Waals surface area contributed by atoms with Gasteiger partial charge in [-0.05, 0) is 44.2 Å². The van der Waals surface area contributed by atoms with E-state index in [-0.39, 0.29) is 23.1 Å². The zero-order valence-electron chi connectivity index (χ0n) is 13.9. The first-order valence-electron chi connectivity index (χ1n) is 8.27. The fraction of sp³-hybridized carbons (Fsp3) is 0.529. The summed E-state index contributed by atoms with van der Waals surface area (Å²) >= 11 is 1.70. The molecule has 2 heterocycles. The molecule has 0 bridgehead atoms. The van der Waals surface area contributed by atoms with Crippen molar-refractivity contribution in [3.8, 4) is 0 Å². The van der Waals surface area contributed by atoms with Crippen molar-refractivity contribution < 1.29 is 9.53 Å². The van der Waals surface area contributed by atoms with Crippen LogP contribution in [-0.4, -0.2) is 42.2 Å². The molecule has 0 atom stereocenters. The summed E-state index contributed by atoms with van der Waals surface area (Å²) in [6, 6.07) is 8.20. The van der Waals surface area contributed by atoms with E-state index in [1.54, 1.807) is 11.3 Å². The van der Waals surface area contributed by atoms with Gasteiger partial charge in [0.05, 0.1) is 16.8 Å². The monoisotopic (exact) mass is 413 g/mol. The molecule has 132 valence electrons. The van der Waals surface area contributed by atoms with Crippen LogP contribution in [0.2, 0.25) is 0 Å². The van der Waals surface area contributed by atoms with Gasteiger partial charge in [0.15, 0.2) is 5.13 Å². The number of hydrogen-bond acceptors (Lipinski definition) is 5. The number of carbonyl (C=O) groups is 1. The number of fused-ring (bicyclic) bond motifs is 1. The number of rotatable bonds is 5. The maximum atomic E-state index is 11.7. The van der Waals surface area contributed by atoms with Crippen LogP contribution < -0.4 is 5.32 Å². The number of amides is 1. The van der Waals surface area contributed by atoms with E-state index in [9.17, 15) is 4.79 Å². The SMILES string of the molecule is Br.CCOC(=O)N1CCC(CCNc2nc3ccccc3s2)CC1. The summed E-state index contributed by atoms with van der Waals surface area (Å²) in [6.45, 7) is 4.85. The van der Waals surface area contributed by atoms with Crippen molar-refractivity contribution in [3.63, 3.8) is 0 Å². The van der Waals surface area contributed by atoms with Gasteiger partial charge in [-0.1, -0.05) is 23.5 Å². The van der Waals surface area contributed by atoms with Gasteiger partial charge in [-0.25, -0.2) is 9.78 Å². The van der Waals surface area contributed by atoms with E-state index in [0.717, 1.165) is 49.5 Å². The fourth-order valence-electron chi connectivity index (χ4n) is 2.95. The van der Waals surface area contributed by atoms with E-state index in [2.05, 4.69) is 16.4 Å². The second kappa shape index (κ2) is 9.22. The third-order valence-corrected chi connectivity index (χ3v) is 5.26. The summed E-state index contributed by atoms with van der Waals surface area (Å²) < 4.78 is 6.27. The maximum absolute atomic E-state index is 11.7. The Kier molecular flexibility index (Phi) is 7.30. The fourth-order valence-corrected chi connectivity index (χ4v) is 3.84. The molecule has 0 unspecified atom stereocenters. The van der Waals surface area contributed by atoms with E-state index < -0.39 is 0 Å². The average Bonchev–Trinajstić information content (AvgIpc) is 2.98. The first kappa shape index (κ1) is 19.0. The second-order valence-electron chi connectivity index (χ2n) is 5.83. The largest absolute Gasteiger partial charge is 0.450 e. The van der Waals surface area contributed by atoms with Crippen LogP contribution in [0.5, 0.6) is 0 Å². The molecule has 2 aromatic rings. The standard InChI is InChI=1S/C17H23N3O2S.BrH/c1-2-22-17(21)20-11-8-13(9-12-20)7-10-18-16-19-14-5-3-4-6-15(14)23-16;/h3-6,13H,2,7-12H2,1H3,(H,18,19);1H. The quantitative estimate of drug-likeness (QED) is 0.780. The minimum atomic E-state index is -0.168. The van der Waals surface area contributed by atoms with Gasteiger partial charge in [0.2, 0.25) is 0 Å². The molecular formula is C17H24BrN3O2S. The Morgan fingerprint density at radius 2 is 2.12 bits per heavy atom. The van der Waals surface area contributed by atoms with Gasteiger partial charge >= 0.3 is 6.09 Å². The van der Waals surface area contributed by atoms with Crippen LogP contribution in [0.15, 0.2) is 24.3 Å². The normalized spacial score (nSPS) is 15.1. The molecule has 1 aromatic heterocycles. The Balaban J connectivity index is 0.00000208. The molecule has 1 aliphatic heterocycles. The van der Waals surface area contributed by atoms with Crippen molar-refractivity contribution in [1.29, 1.82) is 0 Å². The molecule has 3 rings (SSSR count). The van der Waals surface area contributed by atoms with Crippen molar-refractivity contribution in [2.75, 3.05) is 31.6 Å². The summed E-state index contributed by atoms with van der Waals surface area (Å²) in [5.74, 6) is 0.669. The molecule has 1 saturated heterocycles. The van der Waals surface area contributed by atoms with Crippen molar-refractivity contribution in [3.05, 3.63) is 24.3 Å². The van der Waals surface area contributed by atoms with E-state index in [1.165, 1.54) is 4.70 Å². The summed E-state index contributed by atoms with van der Waals surface area (Å²) in [7, 11) is 0. The number of thiazole rings is 1. The lowest BCUT2D eigenvalue weighted by molar-refractivity contribution is 0.0913. The number of nitrogens with zero attached hydrogens (tertiary/aromatic N) is 2. The van der Waals surface area contributed by atoms with Crippen molar-refractivity contribution >= 4 is 49.8 Å². The molecule has 1 N–H and O–H groups in total. The highest BCUT2D eigenvalue weighted by Crippen LogP contribution is 2.26. The number of ether oxygens (including phenoxy) is 1. The van der Waals surface area contributed by atoms with Crippen molar-refractivity contribution in [1.82, 2.24) is 9.88 Å². The van der Waals surface area contributed by atoms with E-state index in [0.29, 0.717) is 12.5 Å². The molecule has 7 heteroatoms. The summed E-state index contributed by atoms with van der Waals surface area (Å²) in [5, 5.41) is 4.43. The van der Waals surface area contributed by atoms with Gasteiger partial charge in [0.25, 0.3) is 0 Å². The molecule has 5 nitrogen and oxygen atoms in total. The minimum absolute atomic E-state index is 0. The van der Waals surface area contributed by atoms with Crippen molar-refractivity contribution in [2.45, 2.75) is 26.2 Å². The Bertz CT molecular complexity index is 623. The lowest BCUT2D eigenvalue weighted by atomic mass is 9.94. The van der Waals surface area contributed by atoms with Crippen LogP contribution in [0.3, 0.4) is 0 Å². The van der Waals surface area contributed by atoms with Gasteiger partial charge < -0.3 is 15.0 Å². The van der Waals surface area contributed by atoms with Crippen LogP contribution in [0, 0.1) is 5.92 Å². The highest BCUT2D eigenvalue weighted by Gasteiger charge is 2.23. The van der Waals surface area contributed by atoms with E-state index >= 15 is 0 Å². The molecular weight excluding hydrogens is 390 g/mol. The third kappa shape index (κ3) is 4.83. The number of para-hydroxylation sites is 1. The average molecular weight is 414 g/mol. The number of aromatic nitrogens is 1. The van der Waals surface area contributed by atoms with E-state index in [1.807, 2.05) is 30.0 Å². The molecule has 0 spiro atoms. The number of likely N-dealkylation sites (tertiary alicyclic amines) is 1. The predicted octanol–water partition coefficient (Wildman–Crippen LogP) is 4.54. The molecule has 1 aliphatic rings. The summed E-state index contributed by atoms with van der Waals surface area (Å²) in [6.07, 6.45) is 3.06. The Labute approximate surface area is 157 Å². The first-order valence-corrected chi connectivity index (χ1v) is 9.09. The van der Waals surface area contributed by atoms with Gasteiger partial charge in [-0.15, -0.1) is 17.0 Å². The number of halogens is 1. The van der Waals surface area contributed by atoms with E-state index in [4.69, 9.17) is 4.74 Å². The molecule has 24 heavy (non-hydrogen) atoms. The molecule has 1 fully saturated rings. The lowest BCUT2D eigenvalue weighted by Gasteiger charge is -2.31. The molecule has 1 amide bonds. The topological polar surface area (TPSA) is 54.5 Å². The zero-order valence-corrected chi connectivity index (χ0v) is 16.4. The molecule has 0 aliphatic carbocycles. The highest BCUT2D eigenvalue weighted by atomic mass is 79.9. The predicted molar refractivity (Wildman–Crippen MR) is 104 cm³/mol. The van der Waals surface area contributed by atoms with Gasteiger partial charge in [0, 0.05) is 19.6 Å². The molecule has 0 saturated carbocycles. The molecule has 1 aromatic carbocycles.